The molecule has 0 aliphatic carbocycles. The SMILES string of the molecule is CCCCCC(Cl)[Si](OCC)(OCC)OCC. The molecule has 0 aliphatic rings. The van der Waals surface area contributed by atoms with Crippen LogP contribution in [0.1, 0.15) is 53.4 Å². The lowest BCUT2D eigenvalue weighted by Crippen LogP contribution is -2.54. The van der Waals surface area contributed by atoms with Gasteiger partial charge in [0.1, 0.15) is 5.00 Å². The molecule has 17 heavy (non-hydrogen) atoms. The molecule has 1 unspecified atom stereocenters. The van der Waals surface area contributed by atoms with Gasteiger partial charge in [-0.3, -0.25) is 0 Å². The first-order valence-electron chi connectivity index (χ1n) is 6.72. The average Bonchev–Trinajstić information content (AvgIpc) is 2.30. The predicted octanol–water partition coefficient (Wildman–Crippen LogP) is 3.76. The Morgan fingerprint density at radius 2 is 1.35 bits per heavy atom. The molecule has 0 amide bonds. The van der Waals surface area contributed by atoms with Crippen molar-refractivity contribution < 1.29 is 13.3 Å². The molecule has 0 aromatic heterocycles. The van der Waals surface area contributed by atoms with Gasteiger partial charge in [0.2, 0.25) is 0 Å². The third kappa shape index (κ3) is 6.20. The molecule has 0 N–H and O–H groups in total. The van der Waals surface area contributed by atoms with Gasteiger partial charge in [-0.15, -0.1) is 11.6 Å². The zero-order valence-electron chi connectivity index (χ0n) is 11.6. The second kappa shape index (κ2) is 10.3. The van der Waals surface area contributed by atoms with Crippen LogP contribution in [0.2, 0.25) is 0 Å². The molecule has 0 heterocycles. The molecule has 0 saturated heterocycles. The standard InChI is InChI=1S/C12H27ClO3Si/c1-5-9-10-11-12(13)17(14-6-2,15-7-3)16-8-4/h12H,5-11H2,1-4H3. The summed E-state index contributed by atoms with van der Waals surface area (Å²) in [5.74, 6) is 0. The van der Waals surface area contributed by atoms with E-state index in [1.165, 1.54) is 12.8 Å². The van der Waals surface area contributed by atoms with Gasteiger partial charge < -0.3 is 13.3 Å². The summed E-state index contributed by atoms with van der Waals surface area (Å²) in [5, 5.41) is -0.131. The van der Waals surface area contributed by atoms with Crippen molar-refractivity contribution in [2.75, 3.05) is 19.8 Å². The molecule has 0 saturated carbocycles. The first kappa shape index (κ1) is 17.4. The van der Waals surface area contributed by atoms with Gasteiger partial charge in [0.25, 0.3) is 0 Å². The van der Waals surface area contributed by atoms with E-state index < -0.39 is 8.80 Å². The highest BCUT2D eigenvalue weighted by Gasteiger charge is 2.48. The number of rotatable bonds is 11. The molecule has 0 aromatic carbocycles. The Morgan fingerprint density at radius 1 is 0.882 bits per heavy atom. The van der Waals surface area contributed by atoms with Crippen LogP contribution in [0.3, 0.4) is 0 Å². The van der Waals surface area contributed by atoms with E-state index in [2.05, 4.69) is 6.92 Å². The van der Waals surface area contributed by atoms with E-state index in [1.54, 1.807) is 0 Å². The maximum Gasteiger partial charge on any atom is 0.519 e. The molecular weight excluding hydrogens is 256 g/mol. The molecule has 5 heteroatoms. The Morgan fingerprint density at radius 3 is 1.71 bits per heavy atom. The molecule has 0 fully saturated rings. The zero-order valence-corrected chi connectivity index (χ0v) is 13.4. The number of halogens is 1. The average molecular weight is 283 g/mol. The topological polar surface area (TPSA) is 27.7 Å². The first-order valence-corrected chi connectivity index (χ1v) is 8.96. The van der Waals surface area contributed by atoms with Crippen LogP contribution in [0.25, 0.3) is 0 Å². The summed E-state index contributed by atoms with van der Waals surface area (Å²) >= 11 is 6.46. The summed E-state index contributed by atoms with van der Waals surface area (Å²) in [6.45, 7) is 9.80. The Kier molecular flexibility index (Phi) is 10.6. The van der Waals surface area contributed by atoms with Crippen LogP contribution in [0.5, 0.6) is 0 Å². The molecule has 0 aliphatic heterocycles. The number of unbranched alkanes of at least 4 members (excludes halogenated alkanes) is 2. The van der Waals surface area contributed by atoms with Crippen molar-refractivity contribution >= 4 is 20.4 Å². The van der Waals surface area contributed by atoms with E-state index in [0.29, 0.717) is 19.8 Å². The van der Waals surface area contributed by atoms with Crippen LogP contribution in [-0.2, 0) is 13.3 Å². The lowest BCUT2D eigenvalue weighted by Gasteiger charge is -2.32. The lowest BCUT2D eigenvalue weighted by atomic mass is 10.2. The highest BCUT2D eigenvalue weighted by Crippen LogP contribution is 2.24. The molecule has 104 valence electrons. The van der Waals surface area contributed by atoms with Crippen molar-refractivity contribution in [3.63, 3.8) is 0 Å². The Labute approximate surface area is 112 Å². The molecule has 1 atom stereocenters. The maximum atomic E-state index is 6.46. The largest absolute Gasteiger partial charge is 0.519 e. The van der Waals surface area contributed by atoms with Crippen molar-refractivity contribution in [1.82, 2.24) is 0 Å². The smallest absolute Gasteiger partial charge is 0.373 e. The van der Waals surface area contributed by atoms with Crippen molar-refractivity contribution in [2.45, 2.75) is 58.4 Å². The highest BCUT2D eigenvalue weighted by molar-refractivity contribution is 6.71. The molecule has 0 aromatic rings. The minimum absolute atomic E-state index is 0.131. The van der Waals surface area contributed by atoms with Gasteiger partial charge in [0, 0.05) is 19.8 Å². The van der Waals surface area contributed by atoms with Gasteiger partial charge in [-0.1, -0.05) is 26.2 Å². The van der Waals surface area contributed by atoms with Crippen LogP contribution < -0.4 is 0 Å². The number of hydrogen-bond acceptors (Lipinski definition) is 3. The number of alkyl halides is 1. The van der Waals surface area contributed by atoms with Crippen molar-refractivity contribution in [3.8, 4) is 0 Å². The second-order valence-electron chi connectivity index (χ2n) is 3.87. The van der Waals surface area contributed by atoms with Crippen molar-refractivity contribution in [2.24, 2.45) is 0 Å². The third-order valence-electron chi connectivity index (χ3n) is 2.48. The van der Waals surface area contributed by atoms with Gasteiger partial charge in [-0.25, -0.2) is 0 Å². The third-order valence-corrected chi connectivity index (χ3v) is 6.63. The fraction of sp³-hybridized carbons (Fsp3) is 1.00. The summed E-state index contributed by atoms with van der Waals surface area (Å²) in [6.07, 6.45) is 4.39. The molecule has 3 nitrogen and oxygen atoms in total. The van der Waals surface area contributed by atoms with E-state index in [9.17, 15) is 0 Å². The van der Waals surface area contributed by atoms with Crippen LogP contribution in [0.15, 0.2) is 0 Å². The highest BCUT2D eigenvalue weighted by atomic mass is 35.5. The fourth-order valence-corrected chi connectivity index (χ4v) is 5.03. The van der Waals surface area contributed by atoms with E-state index in [4.69, 9.17) is 24.9 Å². The molecule has 0 spiro atoms. The number of hydrogen-bond donors (Lipinski definition) is 0. The molecular formula is C12H27ClO3Si. The Balaban J connectivity index is 4.48. The van der Waals surface area contributed by atoms with Gasteiger partial charge in [0.05, 0.1) is 0 Å². The zero-order chi connectivity index (χ0) is 13.1. The van der Waals surface area contributed by atoms with E-state index in [-0.39, 0.29) is 5.00 Å². The van der Waals surface area contributed by atoms with Crippen LogP contribution in [0, 0.1) is 0 Å². The lowest BCUT2D eigenvalue weighted by molar-refractivity contribution is 0.0680. The van der Waals surface area contributed by atoms with E-state index in [0.717, 1.165) is 12.8 Å². The van der Waals surface area contributed by atoms with Gasteiger partial charge in [-0.2, -0.15) is 0 Å². The molecule has 0 radical (unpaired) electrons. The van der Waals surface area contributed by atoms with Crippen LogP contribution in [-0.4, -0.2) is 33.6 Å². The maximum absolute atomic E-state index is 6.46. The normalized spacial score (nSPS) is 13.9. The van der Waals surface area contributed by atoms with Crippen LogP contribution >= 0.6 is 11.6 Å². The minimum atomic E-state index is -2.68. The second-order valence-corrected chi connectivity index (χ2v) is 7.53. The summed E-state index contributed by atoms with van der Waals surface area (Å²) in [5.41, 5.74) is 0. The quantitative estimate of drug-likeness (QED) is 0.328. The predicted molar refractivity (Wildman–Crippen MR) is 74.4 cm³/mol. The van der Waals surface area contributed by atoms with Gasteiger partial charge >= 0.3 is 8.80 Å². The van der Waals surface area contributed by atoms with Crippen molar-refractivity contribution in [3.05, 3.63) is 0 Å². The van der Waals surface area contributed by atoms with E-state index >= 15 is 0 Å². The summed E-state index contributed by atoms with van der Waals surface area (Å²) in [4.78, 5) is 0. The molecule has 0 rings (SSSR count). The van der Waals surface area contributed by atoms with Crippen molar-refractivity contribution in [1.29, 1.82) is 0 Å². The van der Waals surface area contributed by atoms with E-state index in [1.807, 2.05) is 20.8 Å². The van der Waals surface area contributed by atoms with Gasteiger partial charge in [-0.05, 0) is 27.2 Å². The fourth-order valence-electron chi connectivity index (χ4n) is 1.75. The Hall–Kier alpha value is 0.387. The minimum Gasteiger partial charge on any atom is -0.373 e. The first-order chi connectivity index (χ1) is 8.16. The Bertz CT molecular complexity index is 164. The summed E-state index contributed by atoms with van der Waals surface area (Å²) in [7, 11) is -2.68. The molecule has 0 bridgehead atoms. The summed E-state index contributed by atoms with van der Waals surface area (Å²) in [6, 6.07) is 0. The van der Waals surface area contributed by atoms with Crippen LogP contribution in [0.4, 0.5) is 0 Å². The summed E-state index contributed by atoms with van der Waals surface area (Å²) < 4.78 is 17.3. The monoisotopic (exact) mass is 282 g/mol. The van der Waals surface area contributed by atoms with Gasteiger partial charge in [0.15, 0.2) is 0 Å².